The molecule has 0 aliphatic rings. The van der Waals surface area contributed by atoms with E-state index in [1.165, 1.54) is 11.3 Å². The Hall–Kier alpha value is -2.41. The number of anilines is 1. The van der Waals surface area contributed by atoms with Crippen molar-refractivity contribution in [3.63, 3.8) is 0 Å². The van der Waals surface area contributed by atoms with E-state index in [-0.39, 0.29) is 5.91 Å². The number of methoxy groups -OCH3 is 1. The van der Waals surface area contributed by atoms with Crippen LogP contribution in [0.2, 0.25) is 0 Å². The van der Waals surface area contributed by atoms with Crippen molar-refractivity contribution < 1.29 is 9.53 Å². The summed E-state index contributed by atoms with van der Waals surface area (Å²) in [6.45, 7) is 0.612. The third kappa shape index (κ3) is 3.03. The zero-order valence-corrected chi connectivity index (χ0v) is 12.3. The quantitative estimate of drug-likeness (QED) is 0.786. The average Bonchev–Trinajstić information content (AvgIpc) is 3.13. The normalized spacial score (nSPS) is 10.7. The standard InChI is InChI=1S/C14H14N4O2S/c1-20-11-2-3-12-10(8-11)4-6-18(12)7-5-13(19)16-14-17-15-9-21-14/h2-4,6,8-9H,5,7H2,1H3,(H,16,17,19). The van der Waals surface area contributed by atoms with Crippen LogP contribution in [0.15, 0.2) is 36.0 Å². The maximum atomic E-state index is 11.8. The fourth-order valence-corrected chi connectivity index (χ4v) is 2.59. The number of aromatic nitrogens is 3. The fourth-order valence-electron chi connectivity index (χ4n) is 2.13. The molecule has 1 amide bonds. The lowest BCUT2D eigenvalue weighted by Crippen LogP contribution is -2.14. The summed E-state index contributed by atoms with van der Waals surface area (Å²) in [7, 11) is 1.65. The Morgan fingerprint density at radius 2 is 2.33 bits per heavy atom. The van der Waals surface area contributed by atoms with E-state index in [1.807, 2.05) is 30.5 Å². The van der Waals surface area contributed by atoms with E-state index in [9.17, 15) is 4.79 Å². The summed E-state index contributed by atoms with van der Waals surface area (Å²) in [4.78, 5) is 11.8. The molecule has 0 bridgehead atoms. The minimum Gasteiger partial charge on any atom is -0.497 e. The van der Waals surface area contributed by atoms with E-state index in [1.54, 1.807) is 12.6 Å². The smallest absolute Gasteiger partial charge is 0.227 e. The third-order valence-electron chi connectivity index (χ3n) is 3.16. The molecule has 2 heterocycles. The molecular weight excluding hydrogens is 288 g/mol. The first kappa shape index (κ1) is 13.6. The van der Waals surface area contributed by atoms with Gasteiger partial charge in [-0.3, -0.25) is 4.79 Å². The van der Waals surface area contributed by atoms with E-state index >= 15 is 0 Å². The number of ether oxygens (including phenoxy) is 1. The predicted octanol–water partition coefficient (Wildman–Crippen LogP) is 2.53. The first-order valence-electron chi connectivity index (χ1n) is 6.45. The molecule has 3 rings (SSSR count). The van der Waals surface area contributed by atoms with Crippen LogP contribution in [0, 0.1) is 0 Å². The Balaban J connectivity index is 1.66. The summed E-state index contributed by atoms with van der Waals surface area (Å²) >= 11 is 1.31. The molecule has 0 saturated carbocycles. The predicted molar refractivity (Wildman–Crippen MR) is 81.6 cm³/mol. The molecule has 1 N–H and O–H groups in total. The number of nitrogens with one attached hydrogen (secondary N) is 1. The van der Waals surface area contributed by atoms with Crippen molar-refractivity contribution in [3.8, 4) is 5.75 Å². The van der Waals surface area contributed by atoms with Gasteiger partial charge in [-0.15, -0.1) is 10.2 Å². The summed E-state index contributed by atoms with van der Waals surface area (Å²) in [6, 6.07) is 7.91. The highest BCUT2D eigenvalue weighted by Crippen LogP contribution is 2.22. The lowest BCUT2D eigenvalue weighted by molar-refractivity contribution is -0.116. The van der Waals surface area contributed by atoms with E-state index in [0.717, 1.165) is 16.7 Å². The Morgan fingerprint density at radius 1 is 1.43 bits per heavy atom. The molecule has 0 radical (unpaired) electrons. The van der Waals surface area contributed by atoms with Crippen LogP contribution < -0.4 is 10.1 Å². The van der Waals surface area contributed by atoms with Crippen LogP contribution in [0.3, 0.4) is 0 Å². The highest BCUT2D eigenvalue weighted by molar-refractivity contribution is 7.13. The highest BCUT2D eigenvalue weighted by atomic mass is 32.1. The summed E-state index contributed by atoms with van der Waals surface area (Å²) in [5, 5.41) is 11.8. The number of hydrogen-bond donors (Lipinski definition) is 1. The van der Waals surface area contributed by atoms with E-state index < -0.39 is 0 Å². The number of aryl methyl sites for hydroxylation is 1. The van der Waals surface area contributed by atoms with Crippen LogP contribution in [0.1, 0.15) is 6.42 Å². The zero-order chi connectivity index (χ0) is 14.7. The number of carbonyl (C=O) groups excluding carboxylic acids is 1. The first-order valence-corrected chi connectivity index (χ1v) is 7.33. The summed E-state index contributed by atoms with van der Waals surface area (Å²) < 4.78 is 7.25. The molecule has 0 atom stereocenters. The van der Waals surface area contributed by atoms with Crippen molar-refractivity contribution in [2.75, 3.05) is 12.4 Å². The highest BCUT2D eigenvalue weighted by Gasteiger charge is 2.07. The topological polar surface area (TPSA) is 69.0 Å². The molecule has 0 saturated heterocycles. The van der Waals surface area contributed by atoms with Gasteiger partial charge in [-0.1, -0.05) is 11.3 Å². The number of hydrogen-bond acceptors (Lipinski definition) is 5. The van der Waals surface area contributed by atoms with Crippen molar-refractivity contribution in [3.05, 3.63) is 36.0 Å². The lowest BCUT2D eigenvalue weighted by atomic mass is 10.2. The minimum absolute atomic E-state index is 0.0675. The van der Waals surface area contributed by atoms with Gasteiger partial charge in [-0.25, -0.2) is 0 Å². The van der Waals surface area contributed by atoms with Crippen LogP contribution in [0.25, 0.3) is 10.9 Å². The second-order valence-corrected chi connectivity index (χ2v) is 5.31. The zero-order valence-electron chi connectivity index (χ0n) is 11.4. The van der Waals surface area contributed by atoms with Crippen LogP contribution in [0.5, 0.6) is 5.75 Å². The number of carbonyl (C=O) groups is 1. The van der Waals surface area contributed by atoms with Crippen molar-refractivity contribution >= 4 is 33.3 Å². The van der Waals surface area contributed by atoms with E-state index in [2.05, 4.69) is 20.1 Å². The molecule has 7 heteroatoms. The van der Waals surface area contributed by atoms with Gasteiger partial charge in [-0.2, -0.15) is 0 Å². The van der Waals surface area contributed by atoms with Gasteiger partial charge in [0.15, 0.2) is 0 Å². The van der Waals surface area contributed by atoms with Gasteiger partial charge in [0, 0.05) is 30.1 Å². The van der Waals surface area contributed by atoms with Gasteiger partial charge in [0.05, 0.1) is 7.11 Å². The monoisotopic (exact) mass is 302 g/mol. The average molecular weight is 302 g/mol. The van der Waals surface area contributed by atoms with Crippen LogP contribution in [-0.4, -0.2) is 27.8 Å². The molecule has 3 aromatic rings. The number of benzene rings is 1. The summed E-state index contributed by atoms with van der Waals surface area (Å²) in [5.74, 6) is 0.761. The van der Waals surface area contributed by atoms with Crippen molar-refractivity contribution in [2.45, 2.75) is 13.0 Å². The van der Waals surface area contributed by atoms with Crippen molar-refractivity contribution in [1.29, 1.82) is 0 Å². The van der Waals surface area contributed by atoms with Crippen molar-refractivity contribution in [2.24, 2.45) is 0 Å². The second kappa shape index (κ2) is 5.92. The molecule has 108 valence electrons. The van der Waals surface area contributed by atoms with Crippen LogP contribution >= 0.6 is 11.3 Å². The Kier molecular flexibility index (Phi) is 3.83. The number of rotatable bonds is 5. The van der Waals surface area contributed by atoms with Crippen LogP contribution in [-0.2, 0) is 11.3 Å². The number of nitrogens with zero attached hydrogens (tertiary/aromatic N) is 3. The third-order valence-corrected chi connectivity index (χ3v) is 3.77. The molecule has 0 aliphatic heterocycles. The molecule has 0 unspecified atom stereocenters. The maximum absolute atomic E-state index is 11.8. The summed E-state index contributed by atoms with van der Waals surface area (Å²) in [5.41, 5.74) is 2.67. The van der Waals surface area contributed by atoms with Gasteiger partial charge in [-0.05, 0) is 24.3 Å². The van der Waals surface area contributed by atoms with Crippen molar-refractivity contribution in [1.82, 2.24) is 14.8 Å². The molecule has 0 fully saturated rings. The Bertz CT molecular complexity index is 752. The molecule has 1 aromatic carbocycles. The molecule has 6 nitrogen and oxygen atoms in total. The largest absolute Gasteiger partial charge is 0.497 e. The fraction of sp³-hybridized carbons (Fsp3) is 0.214. The van der Waals surface area contributed by atoms with Gasteiger partial charge in [0.1, 0.15) is 11.3 Å². The first-order chi connectivity index (χ1) is 10.3. The lowest BCUT2D eigenvalue weighted by Gasteiger charge is -2.06. The Morgan fingerprint density at radius 3 is 3.10 bits per heavy atom. The minimum atomic E-state index is -0.0675. The SMILES string of the molecule is COc1ccc2c(ccn2CCC(=O)Nc2nncs2)c1. The molecule has 2 aromatic heterocycles. The second-order valence-electron chi connectivity index (χ2n) is 4.48. The van der Waals surface area contributed by atoms with Gasteiger partial charge in [0.25, 0.3) is 0 Å². The number of fused-ring (bicyclic) bond motifs is 1. The molecule has 0 aliphatic carbocycles. The molecule has 0 spiro atoms. The van der Waals surface area contributed by atoms with Gasteiger partial charge >= 0.3 is 0 Å². The van der Waals surface area contributed by atoms with Crippen LogP contribution in [0.4, 0.5) is 5.13 Å². The maximum Gasteiger partial charge on any atom is 0.227 e. The number of amides is 1. The Labute approximate surface area is 125 Å². The summed E-state index contributed by atoms with van der Waals surface area (Å²) in [6.07, 6.45) is 2.36. The van der Waals surface area contributed by atoms with E-state index in [4.69, 9.17) is 4.74 Å². The van der Waals surface area contributed by atoms with Gasteiger partial charge < -0.3 is 14.6 Å². The van der Waals surface area contributed by atoms with E-state index in [0.29, 0.717) is 18.1 Å². The molecular formula is C14H14N4O2S. The molecule has 21 heavy (non-hydrogen) atoms. The van der Waals surface area contributed by atoms with Gasteiger partial charge in [0.2, 0.25) is 11.0 Å².